The Morgan fingerprint density at radius 3 is 2.68 bits per heavy atom. The van der Waals surface area contributed by atoms with Crippen molar-refractivity contribution < 1.29 is 28.6 Å². The summed E-state index contributed by atoms with van der Waals surface area (Å²) in [5, 5.41) is 33.5. The summed E-state index contributed by atoms with van der Waals surface area (Å²) in [5.74, 6) is -0.00854. The largest absolute Gasteiger partial charge is 0.465 e. The zero-order valence-electron chi connectivity index (χ0n) is 25.4. The highest BCUT2D eigenvalue weighted by atomic mass is 35.5. The molecule has 1 unspecified atom stereocenters. The van der Waals surface area contributed by atoms with Gasteiger partial charge in [-0.3, -0.25) is 5.32 Å². The van der Waals surface area contributed by atoms with E-state index in [0.717, 1.165) is 11.3 Å². The number of piperazine rings is 1. The molecule has 15 heteroatoms. The zero-order valence-corrected chi connectivity index (χ0v) is 27.0. The number of carbonyl (C=O) groups is 2. The van der Waals surface area contributed by atoms with Gasteiger partial charge in [-0.25, -0.2) is 23.9 Å². The van der Waals surface area contributed by atoms with Crippen molar-refractivity contribution in [1.82, 2.24) is 14.9 Å². The number of fused-ring (bicyclic) bond motifs is 6. The molecule has 240 valence electrons. The molecule has 2 saturated heterocycles. The highest BCUT2D eigenvalue weighted by molar-refractivity contribution is 7.23. The number of nitrogens with zero attached hydrogens (tertiary/aromatic N) is 6. The van der Waals surface area contributed by atoms with Gasteiger partial charge < -0.3 is 24.4 Å². The highest BCUT2D eigenvalue weighted by Gasteiger charge is 2.47. The average molecular weight is 676 g/mol. The van der Waals surface area contributed by atoms with Gasteiger partial charge in [-0.1, -0.05) is 17.7 Å². The summed E-state index contributed by atoms with van der Waals surface area (Å²) in [6, 6.07) is 6.85. The third kappa shape index (κ3) is 4.95. The Balaban J connectivity index is 1.44. The maximum atomic E-state index is 15.4. The molecule has 0 spiro atoms. The number of anilines is 2. The first kappa shape index (κ1) is 30.9. The van der Waals surface area contributed by atoms with Gasteiger partial charge in [0.2, 0.25) is 0 Å². The van der Waals surface area contributed by atoms with Crippen LogP contribution in [0.5, 0.6) is 0 Å². The number of rotatable bonds is 4. The predicted molar refractivity (Wildman–Crippen MR) is 172 cm³/mol. The molecule has 0 saturated carbocycles. The van der Waals surface area contributed by atoms with Crippen LogP contribution in [0.3, 0.4) is 0 Å². The van der Waals surface area contributed by atoms with Crippen LogP contribution >= 0.6 is 22.9 Å². The van der Waals surface area contributed by atoms with E-state index < -0.39 is 29.7 Å². The van der Waals surface area contributed by atoms with Crippen LogP contribution in [0.2, 0.25) is 5.02 Å². The molecule has 2 aromatic heterocycles. The maximum Gasteiger partial charge on any atom is 0.412 e. The Hall–Kier alpha value is -4.76. The lowest BCUT2D eigenvalue weighted by Crippen LogP contribution is -2.48. The number of nitriles is 2. The number of halogens is 2. The summed E-state index contributed by atoms with van der Waals surface area (Å²) in [5.41, 5.74) is 1.87. The summed E-state index contributed by atoms with van der Waals surface area (Å²) in [6.45, 7) is 5.97. The highest BCUT2D eigenvalue weighted by Crippen LogP contribution is 2.52. The van der Waals surface area contributed by atoms with Crippen LogP contribution in [0.25, 0.3) is 32.1 Å². The minimum absolute atomic E-state index is 0.0288. The van der Waals surface area contributed by atoms with Crippen LogP contribution in [0.15, 0.2) is 18.5 Å². The number of carboxylic acid groups (broad SMARTS) is 1. The van der Waals surface area contributed by atoms with Crippen molar-refractivity contribution in [1.29, 1.82) is 10.5 Å². The number of likely N-dealkylation sites (tertiary alicyclic amines) is 1. The summed E-state index contributed by atoms with van der Waals surface area (Å²) in [7, 11) is 0. The smallest absolute Gasteiger partial charge is 0.412 e. The molecule has 0 radical (unpaired) electrons. The molecule has 2 aromatic carbocycles. The molecule has 0 aliphatic carbocycles. The minimum Gasteiger partial charge on any atom is -0.465 e. The molecule has 2 N–H and O–H groups in total. The first-order valence-electron chi connectivity index (χ1n) is 14.8. The van der Waals surface area contributed by atoms with Gasteiger partial charge in [0.1, 0.15) is 34.6 Å². The molecular formula is C32H27ClFN7O5S. The van der Waals surface area contributed by atoms with Crippen LogP contribution in [-0.4, -0.2) is 62.9 Å². The van der Waals surface area contributed by atoms with Crippen LogP contribution in [0.1, 0.15) is 56.4 Å². The summed E-state index contributed by atoms with van der Waals surface area (Å²) >= 11 is 8.14. The molecule has 5 heterocycles. The van der Waals surface area contributed by atoms with Crippen molar-refractivity contribution in [2.24, 2.45) is 0 Å². The lowest BCUT2D eigenvalue weighted by molar-refractivity contribution is 0.0636. The Morgan fingerprint density at radius 1 is 1.23 bits per heavy atom. The van der Waals surface area contributed by atoms with Gasteiger partial charge in [0.05, 0.1) is 63.5 Å². The summed E-state index contributed by atoms with van der Waals surface area (Å²) < 4.78 is 27.1. The number of hydrogen-bond acceptors (Lipinski definition) is 10. The van der Waals surface area contributed by atoms with E-state index in [-0.39, 0.29) is 50.8 Å². The van der Waals surface area contributed by atoms with Crippen molar-refractivity contribution in [2.75, 3.05) is 23.3 Å². The van der Waals surface area contributed by atoms with Gasteiger partial charge in [-0.2, -0.15) is 10.5 Å². The third-order valence-corrected chi connectivity index (χ3v) is 10.2. The second-order valence-electron chi connectivity index (χ2n) is 12.6. The van der Waals surface area contributed by atoms with Crippen LogP contribution < -0.4 is 10.2 Å². The third-order valence-electron chi connectivity index (χ3n) is 8.72. The Kier molecular flexibility index (Phi) is 7.35. The number of thiophene rings is 1. The molecule has 3 aliphatic rings. The fourth-order valence-electron chi connectivity index (χ4n) is 6.97. The van der Waals surface area contributed by atoms with Crippen LogP contribution in [-0.2, 0) is 16.1 Å². The van der Waals surface area contributed by atoms with E-state index in [1.807, 2.05) is 0 Å². The SMILES string of the molecule is CC(C)(C)OC(=O)Nc1sc2c(F)ccc(-c3c4c(c5c(N6C[C@H]7C[C@@H]6CN7C(=O)O)ncnc5c3Cl)C(CC#N)OC4)c2c1C#N. The van der Waals surface area contributed by atoms with E-state index in [1.54, 1.807) is 20.8 Å². The normalized spacial score (nSPS) is 20.0. The van der Waals surface area contributed by atoms with E-state index in [9.17, 15) is 25.2 Å². The lowest BCUT2D eigenvalue weighted by atomic mass is 9.88. The monoisotopic (exact) mass is 675 g/mol. The fourth-order valence-corrected chi connectivity index (χ4v) is 8.40. The first-order valence-corrected chi connectivity index (χ1v) is 16.0. The zero-order chi connectivity index (χ0) is 33.4. The standard InChI is InChI=1S/C32H27ClFN7O5S/c1-32(2,3)46-30(42)39-29-17(9-36)22-16(4-5-19(34)27(22)47-29)21-18-12-45-20(6-7-35)23(18)24-26(25(21)33)37-13-38-28(24)40-10-15-8-14(40)11-41(15)31(43)44/h4-5,13-15,20H,6,8,10-12H2,1-3H3,(H,39,42)(H,43,44)/t14-,15-,20?/m1/s1. The van der Waals surface area contributed by atoms with E-state index in [2.05, 4.69) is 32.3 Å². The molecular weight excluding hydrogens is 649 g/mol. The number of aromatic nitrogens is 2. The quantitative estimate of drug-likeness (QED) is 0.231. The molecule has 3 atom stereocenters. The van der Waals surface area contributed by atoms with Gasteiger partial charge in [-0.15, -0.1) is 11.3 Å². The molecule has 2 amide bonds. The van der Waals surface area contributed by atoms with Gasteiger partial charge >= 0.3 is 12.2 Å². The van der Waals surface area contributed by atoms with Crippen LogP contribution in [0.4, 0.5) is 24.8 Å². The van der Waals surface area contributed by atoms with Crippen molar-refractivity contribution in [2.45, 2.75) is 64.0 Å². The van der Waals surface area contributed by atoms with E-state index >= 15 is 4.39 Å². The van der Waals surface area contributed by atoms with Crippen LogP contribution in [0, 0.1) is 28.5 Å². The molecule has 3 aliphatic heterocycles. The first-order chi connectivity index (χ1) is 22.4. The lowest BCUT2D eigenvalue weighted by Gasteiger charge is -2.34. The van der Waals surface area contributed by atoms with Gasteiger partial charge in [-0.05, 0) is 44.4 Å². The van der Waals surface area contributed by atoms with Gasteiger partial charge in [0.25, 0.3) is 0 Å². The number of carbonyl (C=O) groups excluding carboxylic acids is 1. The molecule has 12 nitrogen and oxygen atoms in total. The summed E-state index contributed by atoms with van der Waals surface area (Å²) in [6.07, 6.45) is -0.309. The predicted octanol–water partition coefficient (Wildman–Crippen LogP) is 6.95. The number of benzene rings is 2. The van der Waals surface area contributed by atoms with E-state index in [4.69, 9.17) is 21.1 Å². The molecule has 47 heavy (non-hydrogen) atoms. The number of hydrogen-bond donors (Lipinski definition) is 2. The number of nitrogens with one attached hydrogen (secondary N) is 1. The van der Waals surface area contributed by atoms with Gasteiger partial charge in [0.15, 0.2) is 0 Å². The summed E-state index contributed by atoms with van der Waals surface area (Å²) in [4.78, 5) is 37.1. The topological polar surface area (TPSA) is 165 Å². The maximum absolute atomic E-state index is 15.4. The minimum atomic E-state index is -0.957. The van der Waals surface area contributed by atoms with E-state index in [1.165, 1.54) is 23.4 Å². The van der Waals surface area contributed by atoms with Crippen molar-refractivity contribution >= 4 is 66.9 Å². The molecule has 7 rings (SSSR count). The molecule has 2 bridgehead atoms. The Morgan fingerprint density at radius 2 is 2.02 bits per heavy atom. The number of ether oxygens (including phenoxy) is 2. The van der Waals surface area contributed by atoms with Crippen molar-refractivity contribution in [3.05, 3.63) is 46.0 Å². The fraction of sp³-hybridized carbons (Fsp3) is 0.375. The number of amides is 2. The van der Waals surface area contributed by atoms with Gasteiger partial charge in [0, 0.05) is 29.6 Å². The molecule has 4 aromatic rings. The average Bonchev–Trinajstić information content (AvgIpc) is 3.80. The second-order valence-corrected chi connectivity index (χ2v) is 14.0. The Bertz CT molecular complexity index is 2100. The molecule has 2 fully saturated rings. The van der Waals surface area contributed by atoms with Crippen molar-refractivity contribution in [3.63, 3.8) is 0 Å². The van der Waals surface area contributed by atoms with Crippen molar-refractivity contribution in [3.8, 4) is 23.3 Å². The Labute approximate surface area is 276 Å². The second kappa shape index (κ2) is 11.2. The van der Waals surface area contributed by atoms with E-state index in [0.29, 0.717) is 58.5 Å².